The topological polar surface area (TPSA) is 108 Å². The number of carbonyl (C=O) groups is 3. The highest BCUT2D eigenvalue weighted by molar-refractivity contribution is 6.05. The highest BCUT2D eigenvalue weighted by atomic mass is 16.5. The van der Waals surface area contributed by atoms with Crippen molar-refractivity contribution in [2.24, 2.45) is 5.41 Å². The number of nitrogens with one attached hydrogen (secondary N) is 2. The van der Waals surface area contributed by atoms with Gasteiger partial charge in [0.05, 0.1) is 11.7 Å². The predicted octanol–water partition coefficient (Wildman–Crippen LogP) is 2.28. The van der Waals surface area contributed by atoms with E-state index in [0.717, 1.165) is 50.1 Å². The van der Waals surface area contributed by atoms with Crippen molar-refractivity contribution < 1.29 is 24.2 Å². The lowest BCUT2D eigenvalue weighted by Crippen LogP contribution is -2.65. The maximum absolute atomic E-state index is 12.6. The van der Waals surface area contributed by atoms with E-state index in [-0.39, 0.29) is 35.8 Å². The molecule has 1 aromatic carbocycles. The van der Waals surface area contributed by atoms with Crippen LogP contribution in [0.1, 0.15) is 80.6 Å². The lowest BCUT2D eigenvalue weighted by atomic mass is 9.57. The lowest BCUT2D eigenvalue weighted by Gasteiger charge is -2.57. The summed E-state index contributed by atoms with van der Waals surface area (Å²) in [5, 5.41) is 14.9. The van der Waals surface area contributed by atoms with Gasteiger partial charge in [-0.3, -0.25) is 19.7 Å². The molecule has 0 radical (unpaired) electrons. The molecule has 3 aliphatic heterocycles. The zero-order valence-electron chi connectivity index (χ0n) is 19.9. The van der Waals surface area contributed by atoms with Gasteiger partial charge in [0.2, 0.25) is 11.8 Å². The SMILES string of the molecule is CC1(O)CC2(CNC2)C1.O=C1CCC(N2Cc3cc(OC4CCCCC4)ccc3C2=O)C(=O)N1. The number of imide groups is 1. The van der Waals surface area contributed by atoms with E-state index in [1.165, 1.54) is 19.3 Å². The third-order valence-electron chi connectivity index (χ3n) is 7.86. The zero-order valence-corrected chi connectivity index (χ0v) is 19.9. The van der Waals surface area contributed by atoms with Gasteiger partial charge in [0.15, 0.2) is 0 Å². The van der Waals surface area contributed by atoms with E-state index in [2.05, 4.69) is 10.6 Å². The number of rotatable bonds is 3. The van der Waals surface area contributed by atoms with Gasteiger partial charge in [-0.25, -0.2) is 0 Å². The van der Waals surface area contributed by atoms with Crippen LogP contribution in [-0.2, 0) is 16.1 Å². The minimum absolute atomic E-state index is 0.145. The molecule has 2 saturated carbocycles. The van der Waals surface area contributed by atoms with E-state index in [1.807, 2.05) is 19.1 Å². The molecule has 3 amide bonds. The summed E-state index contributed by atoms with van der Waals surface area (Å²) in [6.45, 7) is 4.57. The highest BCUT2D eigenvalue weighted by Crippen LogP contribution is 2.50. The molecular formula is C26H35N3O5. The number of piperidine rings is 1. The van der Waals surface area contributed by atoms with Crippen molar-refractivity contribution in [2.45, 2.75) is 89.0 Å². The zero-order chi connectivity index (χ0) is 23.9. The molecule has 8 heteroatoms. The molecule has 184 valence electrons. The Hall–Kier alpha value is -2.45. The summed E-state index contributed by atoms with van der Waals surface area (Å²) in [6, 6.07) is 5.00. The van der Waals surface area contributed by atoms with Crippen LogP contribution in [0.25, 0.3) is 0 Å². The molecule has 34 heavy (non-hydrogen) atoms. The molecule has 2 aliphatic carbocycles. The molecule has 4 fully saturated rings. The lowest BCUT2D eigenvalue weighted by molar-refractivity contribution is -0.137. The number of carbonyl (C=O) groups excluding carboxylic acids is 3. The standard InChI is InChI=1S/C19H22N2O4.C7H13NO/c22-17-9-8-16(18(23)20-17)21-11-12-10-14(6-7-15(12)19(21)24)25-13-4-2-1-3-5-13;1-6(9)2-7(3-6)4-8-5-7/h6-7,10,13,16H,1-5,8-9,11H2,(H,20,22,23);8-9H,2-5H2,1H3. The van der Waals surface area contributed by atoms with E-state index in [0.29, 0.717) is 23.9 Å². The van der Waals surface area contributed by atoms with Gasteiger partial charge in [0.1, 0.15) is 11.8 Å². The Morgan fingerprint density at radius 1 is 1.06 bits per heavy atom. The quantitative estimate of drug-likeness (QED) is 0.587. The van der Waals surface area contributed by atoms with E-state index in [4.69, 9.17) is 4.74 Å². The van der Waals surface area contributed by atoms with Crippen LogP contribution in [0.2, 0.25) is 0 Å². The Kier molecular flexibility index (Phi) is 6.14. The molecule has 1 aromatic rings. The molecule has 6 rings (SSSR count). The first kappa shape index (κ1) is 23.3. The molecular weight excluding hydrogens is 434 g/mol. The highest BCUT2D eigenvalue weighted by Gasteiger charge is 2.54. The third kappa shape index (κ3) is 4.70. The van der Waals surface area contributed by atoms with Crippen molar-refractivity contribution in [1.82, 2.24) is 15.5 Å². The van der Waals surface area contributed by atoms with Gasteiger partial charge in [-0.1, -0.05) is 6.42 Å². The molecule has 2 saturated heterocycles. The van der Waals surface area contributed by atoms with Crippen molar-refractivity contribution in [1.29, 1.82) is 0 Å². The van der Waals surface area contributed by atoms with Crippen LogP contribution in [-0.4, -0.2) is 58.6 Å². The maximum atomic E-state index is 12.6. The summed E-state index contributed by atoms with van der Waals surface area (Å²) in [5.41, 5.74) is 1.70. The maximum Gasteiger partial charge on any atom is 0.255 e. The fourth-order valence-corrected chi connectivity index (χ4v) is 6.29. The van der Waals surface area contributed by atoms with Crippen LogP contribution in [0.4, 0.5) is 0 Å². The van der Waals surface area contributed by atoms with Crippen molar-refractivity contribution in [2.75, 3.05) is 13.1 Å². The van der Waals surface area contributed by atoms with E-state index in [1.54, 1.807) is 11.0 Å². The van der Waals surface area contributed by atoms with Crippen LogP contribution in [0, 0.1) is 5.41 Å². The van der Waals surface area contributed by atoms with Crippen LogP contribution in [0.5, 0.6) is 5.75 Å². The average molecular weight is 470 g/mol. The number of fused-ring (bicyclic) bond motifs is 1. The van der Waals surface area contributed by atoms with Crippen LogP contribution in [0.3, 0.4) is 0 Å². The molecule has 1 unspecified atom stereocenters. The molecule has 3 N–H and O–H groups in total. The first-order valence-electron chi connectivity index (χ1n) is 12.6. The minimum Gasteiger partial charge on any atom is -0.490 e. The van der Waals surface area contributed by atoms with Crippen LogP contribution >= 0.6 is 0 Å². The summed E-state index contributed by atoms with van der Waals surface area (Å²) < 4.78 is 6.08. The van der Waals surface area contributed by atoms with Gasteiger partial charge < -0.3 is 20.1 Å². The molecule has 0 bridgehead atoms. The van der Waals surface area contributed by atoms with Crippen molar-refractivity contribution in [3.05, 3.63) is 29.3 Å². The predicted molar refractivity (Wildman–Crippen MR) is 125 cm³/mol. The van der Waals surface area contributed by atoms with Gasteiger partial charge in [-0.2, -0.15) is 0 Å². The summed E-state index contributed by atoms with van der Waals surface area (Å²) in [5.74, 6) is 0.00181. The number of hydrogen-bond acceptors (Lipinski definition) is 6. The third-order valence-corrected chi connectivity index (χ3v) is 7.86. The Balaban J connectivity index is 0.000000222. The van der Waals surface area contributed by atoms with Gasteiger partial charge in [-0.15, -0.1) is 0 Å². The molecule has 5 aliphatic rings. The van der Waals surface area contributed by atoms with Crippen molar-refractivity contribution in [3.8, 4) is 5.75 Å². The van der Waals surface area contributed by atoms with Crippen molar-refractivity contribution >= 4 is 17.7 Å². The summed E-state index contributed by atoms with van der Waals surface area (Å²) in [7, 11) is 0. The van der Waals surface area contributed by atoms with Gasteiger partial charge in [0, 0.05) is 37.0 Å². The summed E-state index contributed by atoms with van der Waals surface area (Å²) in [4.78, 5) is 37.6. The monoisotopic (exact) mass is 469 g/mol. The number of aliphatic hydroxyl groups is 1. The van der Waals surface area contributed by atoms with Gasteiger partial charge >= 0.3 is 0 Å². The normalized spacial score (nSPS) is 27.2. The average Bonchev–Trinajstić information content (AvgIpc) is 3.07. The fraction of sp³-hybridized carbons (Fsp3) is 0.654. The first-order valence-corrected chi connectivity index (χ1v) is 12.6. The van der Waals surface area contributed by atoms with Crippen molar-refractivity contribution in [3.63, 3.8) is 0 Å². The fourth-order valence-electron chi connectivity index (χ4n) is 6.29. The summed E-state index contributed by atoms with van der Waals surface area (Å²) >= 11 is 0. The number of ether oxygens (including phenoxy) is 1. The molecule has 3 heterocycles. The Labute approximate surface area is 200 Å². The Bertz CT molecular complexity index is 971. The Morgan fingerprint density at radius 3 is 2.38 bits per heavy atom. The van der Waals surface area contributed by atoms with Gasteiger partial charge in [-0.05, 0) is 75.6 Å². The Morgan fingerprint density at radius 2 is 1.79 bits per heavy atom. The summed E-state index contributed by atoms with van der Waals surface area (Å²) in [6.07, 6.45) is 8.78. The smallest absolute Gasteiger partial charge is 0.255 e. The second-order valence-corrected chi connectivity index (χ2v) is 11.1. The first-order chi connectivity index (χ1) is 16.2. The number of hydrogen-bond donors (Lipinski definition) is 3. The molecule has 1 atom stereocenters. The van der Waals surface area contributed by atoms with Gasteiger partial charge in [0.25, 0.3) is 5.91 Å². The molecule has 0 aromatic heterocycles. The van der Waals surface area contributed by atoms with Crippen LogP contribution < -0.4 is 15.4 Å². The second-order valence-electron chi connectivity index (χ2n) is 11.1. The minimum atomic E-state index is -0.569. The number of amides is 3. The number of benzene rings is 1. The van der Waals surface area contributed by atoms with E-state index < -0.39 is 6.04 Å². The van der Waals surface area contributed by atoms with Crippen LogP contribution in [0.15, 0.2) is 18.2 Å². The second kappa shape index (κ2) is 8.96. The molecule has 8 nitrogen and oxygen atoms in total. The van der Waals surface area contributed by atoms with E-state index in [9.17, 15) is 19.5 Å². The van der Waals surface area contributed by atoms with E-state index >= 15 is 0 Å². The molecule has 1 spiro atoms. The number of nitrogens with zero attached hydrogens (tertiary/aromatic N) is 1. The largest absolute Gasteiger partial charge is 0.490 e.